The zero-order chi connectivity index (χ0) is 16.6. The lowest BCUT2D eigenvalue weighted by molar-refractivity contribution is -0.123. The smallest absolute Gasteiger partial charge is 0.247 e. The second-order valence-electron chi connectivity index (χ2n) is 5.23. The summed E-state index contributed by atoms with van der Waals surface area (Å²) in [7, 11) is 0. The molecule has 2 aromatic heterocycles. The number of aromatic nitrogens is 3. The number of carbonyl (C=O) groups is 1. The highest BCUT2D eigenvalue weighted by atomic mass is 16.2. The largest absolute Gasteiger partial charge is 0.352 e. The van der Waals surface area contributed by atoms with E-state index in [1.165, 1.54) is 0 Å². The maximum atomic E-state index is 12.7. The molecule has 0 radical (unpaired) electrons. The van der Waals surface area contributed by atoms with Gasteiger partial charge >= 0.3 is 0 Å². The Balaban J connectivity index is 1.60. The number of hydrogen-bond acceptors (Lipinski definition) is 4. The zero-order valence-corrected chi connectivity index (χ0v) is 13.2. The molecule has 1 aromatic carbocycles. The van der Waals surface area contributed by atoms with Crippen molar-refractivity contribution in [3.05, 3.63) is 78.9 Å². The van der Waals surface area contributed by atoms with Gasteiger partial charge in [0, 0.05) is 37.9 Å². The Morgan fingerprint density at radius 2 is 1.67 bits per heavy atom. The monoisotopic (exact) mass is 321 g/mol. The van der Waals surface area contributed by atoms with Crippen molar-refractivity contribution in [1.82, 2.24) is 19.9 Å². The van der Waals surface area contributed by atoms with Crippen molar-refractivity contribution in [3.63, 3.8) is 0 Å². The summed E-state index contributed by atoms with van der Waals surface area (Å²) in [6, 6.07) is 14.9. The second-order valence-corrected chi connectivity index (χ2v) is 5.23. The number of nitrogens with one attached hydrogen (secondary N) is 2. The van der Waals surface area contributed by atoms with Gasteiger partial charge in [-0.2, -0.15) is 0 Å². The number of amides is 1. The van der Waals surface area contributed by atoms with E-state index in [-0.39, 0.29) is 11.9 Å². The highest BCUT2D eigenvalue weighted by Gasteiger charge is 2.21. The van der Waals surface area contributed by atoms with Gasteiger partial charge in [0.2, 0.25) is 11.9 Å². The first-order valence-corrected chi connectivity index (χ1v) is 7.80. The fourth-order valence-electron chi connectivity index (χ4n) is 2.46. The fraction of sp³-hybridized carbons (Fsp3) is 0.167. The standard InChI is InChI=1S/C18H19N5O/c24-17(19-11-12-22-18-20-9-6-10-21-18)16(23-13-4-5-14-23)15-7-2-1-3-8-15/h1-10,13-14,16H,11-12H2,(H,19,24)(H,20,21,22)/t16-/m1/s1. The summed E-state index contributed by atoms with van der Waals surface area (Å²) in [5, 5.41) is 6.03. The van der Waals surface area contributed by atoms with Crippen molar-refractivity contribution >= 4 is 11.9 Å². The van der Waals surface area contributed by atoms with E-state index in [9.17, 15) is 4.79 Å². The van der Waals surface area contributed by atoms with Gasteiger partial charge in [0.25, 0.3) is 0 Å². The Morgan fingerprint density at radius 3 is 2.38 bits per heavy atom. The van der Waals surface area contributed by atoms with E-state index in [2.05, 4.69) is 20.6 Å². The summed E-state index contributed by atoms with van der Waals surface area (Å²) in [6.45, 7) is 1.05. The highest BCUT2D eigenvalue weighted by molar-refractivity contribution is 5.83. The van der Waals surface area contributed by atoms with Crippen molar-refractivity contribution in [3.8, 4) is 0 Å². The molecule has 0 aliphatic rings. The van der Waals surface area contributed by atoms with Gasteiger partial charge in [0.1, 0.15) is 6.04 Å². The quantitative estimate of drug-likeness (QED) is 0.654. The van der Waals surface area contributed by atoms with Crippen molar-refractivity contribution in [2.75, 3.05) is 18.4 Å². The summed E-state index contributed by atoms with van der Waals surface area (Å²) in [4.78, 5) is 20.8. The molecule has 0 aliphatic heterocycles. The number of carbonyl (C=O) groups excluding carboxylic acids is 1. The lowest BCUT2D eigenvalue weighted by Gasteiger charge is -2.19. The summed E-state index contributed by atoms with van der Waals surface area (Å²) in [6.07, 6.45) is 7.14. The van der Waals surface area contributed by atoms with Crippen molar-refractivity contribution in [2.24, 2.45) is 0 Å². The van der Waals surface area contributed by atoms with Crippen LogP contribution in [0.1, 0.15) is 11.6 Å². The average Bonchev–Trinajstić information content (AvgIpc) is 3.15. The minimum absolute atomic E-state index is 0.0480. The topological polar surface area (TPSA) is 71.8 Å². The van der Waals surface area contributed by atoms with Crippen LogP contribution in [0, 0.1) is 0 Å². The summed E-state index contributed by atoms with van der Waals surface area (Å²) < 4.78 is 1.90. The molecule has 0 saturated carbocycles. The third-order valence-corrected chi connectivity index (χ3v) is 3.56. The molecule has 0 aliphatic carbocycles. The van der Waals surface area contributed by atoms with E-state index in [1.54, 1.807) is 18.5 Å². The molecule has 0 spiro atoms. The highest BCUT2D eigenvalue weighted by Crippen LogP contribution is 2.18. The molecule has 3 aromatic rings. The van der Waals surface area contributed by atoms with Crippen molar-refractivity contribution in [2.45, 2.75) is 6.04 Å². The lowest BCUT2D eigenvalue weighted by Crippen LogP contribution is -2.35. The molecule has 2 heterocycles. The third kappa shape index (κ3) is 3.98. The minimum Gasteiger partial charge on any atom is -0.352 e. The second kappa shape index (κ2) is 7.92. The molecular weight excluding hydrogens is 302 g/mol. The maximum absolute atomic E-state index is 12.7. The average molecular weight is 321 g/mol. The number of hydrogen-bond donors (Lipinski definition) is 2. The van der Waals surface area contributed by atoms with Crippen LogP contribution in [0.15, 0.2) is 73.3 Å². The van der Waals surface area contributed by atoms with Crippen LogP contribution in [0.5, 0.6) is 0 Å². The molecule has 122 valence electrons. The van der Waals surface area contributed by atoms with Gasteiger partial charge < -0.3 is 15.2 Å². The van der Waals surface area contributed by atoms with Crippen LogP contribution < -0.4 is 10.6 Å². The van der Waals surface area contributed by atoms with Crippen LogP contribution in [-0.2, 0) is 4.79 Å². The number of rotatable bonds is 7. The minimum atomic E-state index is -0.380. The Bertz CT molecular complexity index is 744. The van der Waals surface area contributed by atoms with Gasteiger partial charge in [0.05, 0.1) is 0 Å². The fourth-order valence-corrected chi connectivity index (χ4v) is 2.46. The predicted molar refractivity (Wildman–Crippen MR) is 92.5 cm³/mol. The zero-order valence-electron chi connectivity index (χ0n) is 13.2. The van der Waals surface area contributed by atoms with E-state index in [0.29, 0.717) is 19.0 Å². The van der Waals surface area contributed by atoms with E-state index in [0.717, 1.165) is 5.56 Å². The van der Waals surface area contributed by atoms with Crippen LogP contribution in [-0.4, -0.2) is 33.5 Å². The first-order chi connectivity index (χ1) is 11.8. The third-order valence-electron chi connectivity index (χ3n) is 3.56. The molecule has 0 saturated heterocycles. The number of nitrogens with zero attached hydrogens (tertiary/aromatic N) is 3. The van der Waals surface area contributed by atoms with E-state index >= 15 is 0 Å². The van der Waals surface area contributed by atoms with Crippen LogP contribution in [0.2, 0.25) is 0 Å². The molecule has 0 fully saturated rings. The van der Waals surface area contributed by atoms with E-state index < -0.39 is 0 Å². The molecule has 0 unspecified atom stereocenters. The number of benzene rings is 1. The lowest BCUT2D eigenvalue weighted by atomic mass is 10.1. The maximum Gasteiger partial charge on any atom is 0.247 e. The summed E-state index contributed by atoms with van der Waals surface area (Å²) in [5.41, 5.74) is 0.950. The normalized spacial score (nSPS) is 11.7. The van der Waals surface area contributed by atoms with Crippen LogP contribution in [0.25, 0.3) is 0 Å². The van der Waals surface area contributed by atoms with Gasteiger partial charge in [-0.3, -0.25) is 4.79 Å². The molecule has 1 amide bonds. The summed E-state index contributed by atoms with van der Waals surface area (Å²) in [5.74, 6) is 0.505. The van der Waals surface area contributed by atoms with Crippen molar-refractivity contribution < 1.29 is 4.79 Å². The van der Waals surface area contributed by atoms with Crippen molar-refractivity contribution in [1.29, 1.82) is 0 Å². The van der Waals surface area contributed by atoms with Gasteiger partial charge in [0.15, 0.2) is 0 Å². The Labute approximate surface area is 140 Å². The van der Waals surface area contributed by atoms with Crippen LogP contribution in [0.3, 0.4) is 0 Å². The molecular formula is C18H19N5O. The van der Waals surface area contributed by atoms with E-state index in [1.807, 2.05) is 59.4 Å². The predicted octanol–water partition coefficient (Wildman–Crippen LogP) is 2.10. The number of anilines is 1. The Kier molecular flexibility index (Phi) is 5.19. The first kappa shape index (κ1) is 15.7. The van der Waals surface area contributed by atoms with Gasteiger partial charge in [-0.25, -0.2) is 9.97 Å². The van der Waals surface area contributed by atoms with Gasteiger partial charge in [-0.1, -0.05) is 30.3 Å². The molecule has 24 heavy (non-hydrogen) atoms. The molecule has 2 N–H and O–H groups in total. The van der Waals surface area contributed by atoms with E-state index in [4.69, 9.17) is 0 Å². The molecule has 3 rings (SSSR count). The Morgan fingerprint density at radius 1 is 0.958 bits per heavy atom. The molecule has 6 heteroatoms. The van der Waals surface area contributed by atoms with Crippen LogP contribution in [0.4, 0.5) is 5.95 Å². The molecule has 0 bridgehead atoms. The van der Waals surface area contributed by atoms with Gasteiger partial charge in [-0.05, 0) is 23.8 Å². The molecule has 1 atom stereocenters. The Hall–Kier alpha value is -3.15. The first-order valence-electron chi connectivity index (χ1n) is 7.80. The van der Waals surface area contributed by atoms with Gasteiger partial charge in [-0.15, -0.1) is 0 Å². The molecule has 6 nitrogen and oxygen atoms in total. The summed E-state index contributed by atoms with van der Waals surface area (Å²) >= 11 is 0. The van der Waals surface area contributed by atoms with Crippen LogP contribution >= 0.6 is 0 Å². The SMILES string of the molecule is O=C(NCCNc1ncccn1)[C@@H](c1ccccc1)n1cccc1.